The number of hydrogen-bond donors (Lipinski definition) is 1. The van der Waals surface area contributed by atoms with Crippen LogP contribution in [0.25, 0.3) is 11.1 Å². The van der Waals surface area contributed by atoms with Crippen LogP contribution in [0.15, 0.2) is 55.0 Å². The average Bonchev–Trinajstić information content (AvgIpc) is 2.98. The Morgan fingerprint density at radius 1 is 1.17 bits per heavy atom. The van der Waals surface area contributed by atoms with Crippen LogP contribution in [0.5, 0.6) is 0 Å². The number of aromatic nitrogens is 2. The molecule has 0 radical (unpaired) electrons. The molecule has 2 aromatic carbocycles. The maximum atomic E-state index is 9.40. The van der Waals surface area contributed by atoms with E-state index in [1.165, 1.54) is 0 Å². The normalized spacial score (nSPS) is 10.3. The first-order valence-corrected chi connectivity index (χ1v) is 7.48. The molecular formula is C19H18N4. The predicted molar refractivity (Wildman–Crippen MR) is 91.9 cm³/mol. The van der Waals surface area contributed by atoms with Gasteiger partial charge in [-0.1, -0.05) is 24.3 Å². The first-order chi connectivity index (χ1) is 11.2. The quantitative estimate of drug-likeness (QED) is 0.795. The molecule has 0 atom stereocenters. The Hall–Kier alpha value is -3.06. The van der Waals surface area contributed by atoms with Crippen LogP contribution in [0.3, 0.4) is 0 Å². The maximum Gasteiger partial charge on any atom is 0.0998 e. The number of aryl methyl sites for hydroxylation is 2. The van der Waals surface area contributed by atoms with Gasteiger partial charge >= 0.3 is 0 Å². The average molecular weight is 302 g/mol. The number of benzene rings is 2. The van der Waals surface area contributed by atoms with Gasteiger partial charge < -0.3 is 9.88 Å². The largest absolute Gasteiger partial charge is 0.379 e. The second-order valence-corrected chi connectivity index (χ2v) is 5.54. The van der Waals surface area contributed by atoms with Crippen LogP contribution >= 0.6 is 0 Å². The lowest BCUT2D eigenvalue weighted by atomic mass is 9.96. The van der Waals surface area contributed by atoms with E-state index in [-0.39, 0.29) is 0 Å². The van der Waals surface area contributed by atoms with E-state index < -0.39 is 0 Å². The Bertz CT molecular complexity index is 871. The summed E-state index contributed by atoms with van der Waals surface area (Å²) in [5.74, 6) is 0. The summed E-state index contributed by atoms with van der Waals surface area (Å²) in [6.07, 6.45) is 3.63. The van der Waals surface area contributed by atoms with Gasteiger partial charge in [0, 0.05) is 24.5 Å². The Labute approximate surface area is 136 Å². The van der Waals surface area contributed by atoms with Crippen LogP contribution < -0.4 is 5.32 Å². The molecule has 0 aliphatic carbocycles. The minimum atomic E-state index is 0.686. The lowest BCUT2D eigenvalue weighted by Crippen LogP contribution is -2.04. The number of nitriles is 1. The van der Waals surface area contributed by atoms with E-state index in [2.05, 4.69) is 35.4 Å². The molecule has 0 saturated carbocycles. The number of nitrogens with one attached hydrogen (secondary N) is 1. The van der Waals surface area contributed by atoms with Crippen LogP contribution in [0.2, 0.25) is 0 Å². The van der Waals surface area contributed by atoms with Crippen molar-refractivity contribution in [2.45, 2.75) is 13.5 Å². The standard InChI is InChI=1S/C19H18N4/c1-14-5-3-4-6-18(14)19-9-16(8-7-15(19)10-20)22-12-17-11-21-13-23(17)2/h3-9,11,13,22H,12H2,1-2H3. The monoisotopic (exact) mass is 302 g/mol. The molecule has 0 amide bonds. The Morgan fingerprint density at radius 2 is 2.00 bits per heavy atom. The maximum absolute atomic E-state index is 9.40. The second-order valence-electron chi connectivity index (χ2n) is 5.54. The molecule has 1 heterocycles. The summed E-state index contributed by atoms with van der Waals surface area (Å²) in [6, 6.07) is 16.3. The molecular weight excluding hydrogens is 284 g/mol. The molecule has 4 heteroatoms. The smallest absolute Gasteiger partial charge is 0.0998 e. The van der Waals surface area contributed by atoms with Gasteiger partial charge in [0.25, 0.3) is 0 Å². The highest BCUT2D eigenvalue weighted by Gasteiger charge is 2.09. The highest BCUT2D eigenvalue weighted by molar-refractivity contribution is 5.76. The van der Waals surface area contributed by atoms with E-state index in [1.54, 1.807) is 6.33 Å². The molecule has 1 N–H and O–H groups in total. The third kappa shape index (κ3) is 3.09. The summed E-state index contributed by atoms with van der Waals surface area (Å²) < 4.78 is 1.99. The fraction of sp³-hybridized carbons (Fsp3) is 0.158. The molecule has 0 aliphatic heterocycles. The van der Waals surface area contributed by atoms with E-state index in [0.717, 1.165) is 28.1 Å². The zero-order chi connectivity index (χ0) is 16.2. The van der Waals surface area contributed by atoms with Crippen molar-refractivity contribution in [3.63, 3.8) is 0 Å². The third-order valence-electron chi connectivity index (χ3n) is 3.97. The van der Waals surface area contributed by atoms with Crippen LogP contribution in [-0.4, -0.2) is 9.55 Å². The number of rotatable bonds is 4. The van der Waals surface area contributed by atoms with Gasteiger partial charge in [-0.2, -0.15) is 5.26 Å². The van der Waals surface area contributed by atoms with Gasteiger partial charge in [-0.05, 0) is 36.2 Å². The Morgan fingerprint density at radius 3 is 2.70 bits per heavy atom. The summed E-state index contributed by atoms with van der Waals surface area (Å²) in [6.45, 7) is 2.75. The van der Waals surface area contributed by atoms with Gasteiger partial charge in [-0.25, -0.2) is 4.98 Å². The molecule has 23 heavy (non-hydrogen) atoms. The zero-order valence-electron chi connectivity index (χ0n) is 13.2. The lowest BCUT2D eigenvalue weighted by Gasteiger charge is -2.12. The van der Waals surface area contributed by atoms with E-state index in [9.17, 15) is 5.26 Å². The SMILES string of the molecule is Cc1ccccc1-c1cc(NCc2cncn2C)ccc1C#N. The molecule has 0 bridgehead atoms. The molecule has 0 saturated heterocycles. The number of anilines is 1. The Kier molecular flexibility index (Phi) is 4.11. The van der Waals surface area contributed by atoms with Crippen molar-refractivity contribution in [3.05, 3.63) is 71.8 Å². The summed E-state index contributed by atoms with van der Waals surface area (Å²) in [4.78, 5) is 4.12. The van der Waals surface area contributed by atoms with Crippen LogP contribution in [0.1, 0.15) is 16.8 Å². The van der Waals surface area contributed by atoms with Crippen molar-refractivity contribution < 1.29 is 0 Å². The molecule has 1 aromatic heterocycles. The second kappa shape index (κ2) is 6.37. The Balaban J connectivity index is 1.92. The van der Waals surface area contributed by atoms with Crippen LogP contribution in [0, 0.1) is 18.3 Å². The van der Waals surface area contributed by atoms with Gasteiger partial charge in [-0.15, -0.1) is 0 Å². The number of imidazole rings is 1. The fourth-order valence-electron chi connectivity index (χ4n) is 2.60. The van der Waals surface area contributed by atoms with E-state index >= 15 is 0 Å². The van der Waals surface area contributed by atoms with Crippen LogP contribution in [-0.2, 0) is 13.6 Å². The van der Waals surface area contributed by atoms with Crippen molar-refractivity contribution in [3.8, 4) is 17.2 Å². The summed E-state index contributed by atoms with van der Waals surface area (Å²) in [5.41, 5.74) is 5.99. The van der Waals surface area contributed by atoms with Gasteiger partial charge in [0.1, 0.15) is 0 Å². The molecule has 0 fully saturated rings. The lowest BCUT2D eigenvalue weighted by molar-refractivity contribution is 0.837. The van der Waals surface area contributed by atoms with Crippen LogP contribution in [0.4, 0.5) is 5.69 Å². The summed E-state index contributed by atoms with van der Waals surface area (Å²) in [7, 11) is 1.97. The van der Waals surface area contributed by atoms with Crippen molar-refractivity contribution in [2.24, 2.45) is 7.05 Å². The van der Waals surface area contributed by atoms with Gasteiger partial charge in [0.2, 0.25) is 0 Å². The van der Waals surface area contributed by atoms with Gasteiger partial charge in [0.15, 0.2) is 0 Å². The van der Waals surface area contributed by atoms with Crippen molar-refractivity contribution >= 4 is 5.69 Å². The summed E-state index contributed by atoms with van der Waals surface area (Å²) >= 11 is 0. The highest BCUT2D eigenvalue weighted by Crippen LogP contribution is 2.29. The zero-order valence-corrected chi connectivity index (χ0v) is 13.2. The highest BCUT2D eigenvalue weighted by atomic mass is 15.0. The first kappa shape index (κ1) is 14.9. The first-order valence-electron chi connectivity index (χ1n) is 7.48. The topological polar surface area (TPSA) is 53.6 Å². The minimum Gasteiger partial charge on any atom is -0.379 e. The van der Waals surface area contributed by atoms with E-state index in [1.807, 2.05) is 48.1 Å². The molecule has 4 nitrogen and oxygen atoms in total. The predicted octanol–water partition coefficient (Wildman–Crippen LogP) is 3.88. The molecule has 3 rings (SSSR count). The van der Waals surface area contributed by atoms with E-state index in [0.29, 0.717) is 12.1 Å². The fourth-order valence-corrected chi connectivity index (χ4v) is 2.60. The molecule has 0 unspecified atom stereocenters. The van der Waals surface area contributed by atoms with Crippen molar-refractivity contribution in [2.75, 3.05) is 5.32 Å². The number of hydrogen-bond acceptors (Lipinski definition) is 3. The molecule has 0 spiro atoms. The number of nitrogens with zero attached hydrogens (tertiary/aromatic N) is 3. The van der Waals surface area contributed by atoms with Gasteiger partial charge in [-0.3, -0.25) is 0 Å². The molecule has 114 valence electrons. The van der Waals surface area contributed by atoms with Crippen molar-refractivity contribution in [1.82, 2.24) is 9.55 Å². The summed E-state index contributed by atoms with van der Waals surface area (Å²) in [5, 5.41) is 12.8. The van der Waals surface area contributed by atoms with Crippen molar-refractivity contribution in [1.29, 1.82) is 5.26 Å². The minimum absolute atomic E-state index is 0.686. The molecule has 3 aromatic rings. The van der Waals surface area contributed by atoms with E-state index in [4.69, 9.17) is 0 Å². The molecule has 0 aliphatic rings. The van der Waals surface area contributed by atoms with Gasteiger partial charge in [0.05, 0.1) is 30.2 Å². The third-order valence-corrected chi connectivity index (χ3v) is 3.97.